The zero-order valence-corrected chi connectivity index (χ0v) is 20.3. The van der Waals surface area contributed by atoms with Gasteiger partial charge in [-0.25, -0.2) is 0 Å². The van der Waals surface area contributed by atoms with E-state index in [4.69, 9.17) is 27.9 Å². The molecule has 0 bridgehead atoms. The van der Waals surface area contributed by atoms with Crippen molar-refractivity contribution in [3.63, 3.8) is 0 Å². The summed E-state index contributed by atoms with van der Waals surface area (Å²) in [5.74, 6) is 0.271. The number of carbonyl (C=O) groups excluding carboxylic acids is 2. The van der Waals surface area contributed by atoms with Crippen molar-refractivity contribution in [3.05, 3.63) is 63.6 Å². The summed E-state index contributed by atoms with van der Waals surface area (Å²) in [6.45, 7) is 1.19. The molecular weight excluding hydrogens is 475 g/mol. The molecule has 1 saturated heterocycles. The molecule has 3 aliphatic rings. The van der Waals surface area contributed by atoms with Gasteiger partial charge in [-0.1, -0.05) is 35.3 Å². The highest BCUT2D eigenvalue weighted by molar-refractivity contribution is 6.30. The van der Waals surface area contributed by atoms with Crippen LogP contribution in [0.1, 0.15) is 61.7 Å². The lowest BCUT2D eigenvalue weighted by Gasteiger charge is -2.49. The number of nitrogens with zero attached hydrogens (tertiary/aromatic N) is 1. The minimum Gasteiger partial charge on any atom is -0.480 e. The Kier molecular flexibility index (Phi) is 6.49. The molecule has 6 nitrogen and oxygen atoms in total. The van der Waals surface area contributed by atoms with Crippen LogP contribution in [0.5, 0.6) is 5.75 Å². The van der Waals surface area contributed by atoms with E-state index in [1.165, 1.54) is 0 Å². The van der Waals surface area contributed by atoms with E-state index in [1.807, 2.05) is 29.2 Å². The van der Waals surface area contributed by atoms with Crippen LogP contribution in [0.2, 0.25) is 10.0 Å². The first-order valence-corrected chi connectivity index (χ1v) is 12.6. The summed E-state index contributed by atoms with van der Waals surface area (Å²) in [7, 11) is 0. The molecule has 0 radical (unpaired) electrons. The maximum atomic E-state index is 13.3. The molecule has 2 fully saturated rings. The van der Waals surface area contributed by atoms with E-state index in [2.05, 4.69) is 5.32 Å². The van der Waals surface area contributed by atoms with E-state index in [0.717, 1.165) is 37.8 Å². The molecule has 2 aliphatic heterocycles. The number of likely N-dealkylation sites (tertiary alicyclic amines) is 1. The van der Waals surface area contributed by atoms with Crippen LogP contribution in [-0.2, 0) is 9.59 Å². The SMILES string of the molecule is O=C(NCCC1(N2CC[C@@H](c3ccc(Cl)cc3)C2=O)CCC1)[C@H]1C[C@@H](O)c2cc(Cl)ccc2O1. The number of carbonyl (C=O) groups is 2. The van der Waals surface area contributed by atoms with Crippen LogP contribution in [0, 0.1) is 0 Å². The molecule has 8 heteroatoms. The first-order valence-electron chi connectivity index (χ1n) is 11.9. The number of hydrogen-bond acceptors (Lipinski definition) is 4. The van der Waals surface area contributed by atoms with Crippen LogP contribution in [0.15, 0.2) is 42.5 Å². The first-order chi connectivity index (χ1) is 16.4. The number of hydrogen-bond donors (Lipinski definition) is 2. The highest BCUT2D eigenvalue weighted by Gasteiger charge is 2.48. The predicted octanol–water partition coefficient (Wildman–Crippen LogP) is 4.62. The summed E-state index contributed by atoms with van der Waals surface area (Å²) in [6.07, 6.45) is 3.11. The van der Waals surface area contributed by atoms with Crippen molar-refractivity contribution in [2.24, 2.45) is 0 Å². The molecule has 2 amide bonds. The number of benzene rings is 2. The van der Waals surface area contributed by atoms with Gasteiger partial charge in [0.25, 0.3) is 5.91 Å². The molecule has 2 aromatic carbocycles. The number of ether oxygens (including phenoxy) is 1. The average Bonchev–Trinajstić information content (AvgIpc) is 3.17. The molecule has 1 aliphatic carbocycles. The van der Waals surface area contributed by atoms with Crippen molar-refractivity contribution in [3.8, 4) is 5.75 Å². The van der Waals surface area contributed by atoms with Gasteiger partial charge < -0.3 is 20.1 Å². The Morgan fingerprint density at radius 2 is 1.88 bits per heavy atom. The number of amides is 2. The lowest BCUT2D eigenvalue weighted by atomic mass is 9.73. The van der Waals surface area contributed by atoms with Gasteiger partial charge in [-0.15, -0.1) is 0 Å². The zero-order valence-electron chi connectivity index (χ0n) is 18.8. The van der Waals surface area contributed by atoms with Crippen molar-refractivity contribution < 1.29 is 19.4 Å². The third kappa shape index (κ3) is 4.39. The van der Waals surface area contributed by atoms with Gasteiger partial charge in [0.05, 0.1) is 12.0 Å². The Hall–Kier alpha value is -2.28. The zero-order chi connectivity index (χ0) is 23.9. The average molecular weight is 503 g/mol. The number of nitrogens with one attached hydrogen (secondary N) is 1. The topological polar surface area (TPSA) is 78.9 Å². The molecule has 0 aromatic heterocycles. The molecule has 34 heavy (non-hydrogen) atoms. The van der Waals surface area contributed by atoms with Gasteiger partial charge >= 0.3 is 0 Å². The van der Waals surface area contributed by atoms with E-state index in [-0.39, 0.29) is 29.7 Å². The molecule has 0 unspecified atom stereocenters. The number of rotatable bonds is 6. The number of halogens is 2. The largest absolute Gasteiger partial charge is 0.480 e. The van der Waals surface area contributed by atoms with Gasteiger partial charge in [0, 0.05) is 40.7 Å². The second-order valence-corrected chi connectivity index (χ2v) is 10.4. The third-order valence-electron chi connectivity index (χ3n) is 7.55. The summed E-state index contributed by atoms with van der Waals surface area (Å²) in [5.41, 5.74) is 1.42. The quantitative estimate of drug-likeness (QED) is 0.603. The Balaban J connectivity index is 1.18. The third-order valence-corrected chi connectivity index (χ3v) is 8.04. The molecular formula is C26H28Cl2N2O4. The summed E-state index contributed by atoms with van der Waals surface area (Å²) in [5, 5.41) is 14.6. The van der Waals surface area contributed by atoms with Gasteiger partial charge in [-0.05, 0) is 68.0 Å². The number of aliphatic hydroxyl groups is 1. The van der Waals surface area contributed by atoms with Gasteiger partial charge in [0.15, 0.2) is 6.10 Å². The highest BCUT2D eigenvalue weighted by atomic mass is 35.5. The van der Waals surface area contributed by atoms with E-state index < -0.39 is 12.2 Å². The highest BCUT2D eigenvalue weighted by Crippen LogP contribution is 2.45. The van der Waals surface area contributed by atoms with Gasteiger partial charge in [0.1, 0.15) is 5.75 Å². The fourth-order valence-electron chi connectivity index (χ4n) is 5.51. The fourth-order valence-corrected chi connectivity index (χ4v) is 5.81. The molecule has 3 atom stereocenters. The minimum atomic E-state index is -0.803. The Morgan fingerprint density at radius 1 is 1.15 bits per heavy atom. The van der Waals surface area contributed by atoms with Crippen molar-refractivity contribution in [1.29, 1.82) is 0 Å². The van der Waals surface area contributed by atoms with Crippen molar-refractivity contribution in [2.45, 2.75) is 62.2 Å². The molecule has 2 aromatic rings. The molecule has 2 heterocycles. The predicted molar refractivity (Wildman–Crippen MR) is 130 cm³/mol. The van der Waals surface area contributed by atoms with Crippen molar-refractivity contribution in [2.75, 3.05) is 13.1 Å². The monoisotopic (exact) mass is 502 g/mol. The van der Waals surface area contributed by atoms with Crippen LogP contribution in [0.4, 0.5) is 0 Å². The van der Waals surface area contributed by atoms with Crippen LogP contribution in [0.25, 0.3) is 0 Å². The summed E-state index contributed by atoms with van der Waals surface area (Å²) >= 11 is 12.0. The van der Waals surface area contributed by atoms with Crippen LogP contribution in [0.3, 0.4) is 0 Å². The minimum absolute atomic E-state index is 0.130. The fraction of sp³-hybridized carbons (Fsp3) is 0.462. The van der Waals surface area contributed by atoms with Crippen molar-refractivity contribution >= 4 is 35.0 Å². The standard InChI is InChI=1S/C26H28Cl2N2O4/c27-17-4-2-16(3-5-17)19-8-13-30(25(19)33)26(9-1-10-26)11-12-29-24(32)23-15-21(31)20-14-18(28)6-7-22(20)34-23/h2-7,14,19,21,23,31H,1,8-13,15H2,(H,29,32)/t19-,21+,23+/m0/s1. The Morgan fingerprint density at radius 3 is 2.59 bits per heavy atom. The number of aliphatic hydroxyl groups excluding tert-OH is 1. The second kappa shape index (κ2) is 9.40. The molecule has 1 saturated carbocycles. The van der Waals surface area contributed by atoms with E-state index >= 15 is 0 Å². The number of fused-ring (bicyclic) bond motifs is 1. The van der Waals surface area contributed by atoms with Crippen LogP contribution < -0.4 is 10.1 Å². The maximum absolute atomic E-state index is 13.3. The van der Waals surface area contributed by atoms with E-state index in [0.29, 0.717) is 34.3 Å². The molecule has 180 valence electrons. The smallest absolute Gasteiger partial charge is 0.261 e. The van der Waals surface area contributed by atoms with Crippen LogP contribution in [-0.4, -0.2) is 46.6 Å². The second-order valence-electron chi connectivity index (χ2n) is 9.54. The van der Waals surface area contributed by atoms with E-state index in [1.54, 1.807) is 18.2 Å². The normalized spacial score (nSPS) is 25.3. The first kappa shape index (κ1) is 23.5. The Bertz CT molecular complexity index is 1090. The summed E-state index contributed by atoms with van der Waals surface area (Å²) in [4.78, 5) is 28.1. The summed E-state index contributed by atoms with van der Waals surface area (Å²) in [6, 6.07) is 12.6. The van der Waals surface area contributed by atoms with E-state index in [9.17, 15) is 14.7 Å². The van der Waals surface area contributed by atoms with Gasteiger partial charge in [-0.2, -0.15) is 0 Å². The van der Waals surface area contributed by atoms with Gasteiger partial charge in [-0.3, -0.25) is 9.59 Å². The van der Waals surface area contributed by atoms with Crippen molar-refractivity contribution in [1.82, 2.24) is 10.2 Å². The Labute approximate surface area is 209 Å². The summed E-state index contributed by atoms with van der Waals surface area (Å²) < 4.78 is 5.83. The lowest BCUT2D eigenvalue weighted by Crippen LogP contribution is -2.56. The molecule has 2 N–H and O–H groups in total. The molecule has 0 spiro atoms. The lowest BCUT2D eigenvalue weighted by molar-refractivity contribution is -0.138. The maximum Gasteiger partial charge on any atom is 0.261 e. The van der Waals surface area contributed by atoms with Crippen LogP contribution >= 0.6 is 23.2 Å². The van der Waals surface area contributed by atoms with Gasteiger partial charge in [0.2, 0.25) is 5.91 Å². The molecule has 5 rings (SSSR count).